The molecular weight excluding hydrogens is 542 g/mol. The summed E-state index contributed by atoms with van der Waals surface area (Å²) >= 11 is 0. The third-order valence-corrected chi connectivity index (χ3v) is 12.9. The maximum absolute atomic E-state index is 13.6. The van der Waals surface area contributed by atoms with E-state index in [1.54, 1.807) is 0 Å². The first-order valence-electron chi connectivity index (χ1n) is 14.2. The highest BCUT2D eigenvalue weighted by Crippen LogP contribution is 2.44. The van der Waals surface area contributed by atoms with Crippen LogP contribution in [0, 0.1) is 0 Å². The molecule has 1 amide bonds. The predicted octanol–water partition coefficient (Wildman–Crippen LogP) is 5.14. The zero-order chi connectivity index (χ0) is 29.7. The standard InChI is InChI=1S/C35H37NO5Si/c1-35(2,3)42(28-21-13-7-14-22-28,29-23-15-8-16-24-29)41-32(26-17-9-5-10-18-26)31-33(40-27-19-11-6-12-20-27)34(38)36(31)25-30(37)39-4/h5-24,31-33H,25H2,1-4H3/t31-,32+,33+/m0/s1. The number of para-hydroxylation sites is 1. The number of hydrogen-bond acceptors (Lipinski definition) is 5. The summed E-state index contributed by atoms with van der Waals surface area (Å²) in [5.41, 5.74) is 0.902. The highest BCUT2D eigenvalue weighted by Gasteiger charge is 2.59. The summed E-state index contributed by atoms with van der Waals surface area (Å²) in [4.78, 5) is 27.7. The second-order valence-electron chi connectivity index (χ2n) is 11.5. The number of hydrogen-bond donors (Lipinski definition) is 0. The van der Waals surface area contributed by atoms with Crippen molar-refractivity contribution in [3.63, 3.8) is 0 Å². The molecule has 5 rings (SSSR count). The summed E-state index contributed by atoms with van der Waals surface area (Å²) in [6, 6.07) is 39.4. The third kappa shape index (κ3) is 5.62. The number of carbonyl (C=O) groups excluding carboxylic acids is 2. The molecule has 0 saturated carbocycles. The smallest absolute Gasteiger partial charge is 0.325 e. The summed E-state index contributed by atoms with van der Waals surface area (Å²) in [7, 11) is -1.75. The number of β-lactam (4-membered cyclic amide) rings is 1. The SMILES string of the molecule is COC(=O)CN1C(=O)[C@H](Oc2ccccc2)[C@@H]1[C@H](O[Si](c1ccccc1)(c1ccccc1)C(C)(C)C)c1ccccc1. The molecule has 3 atom stereocenters. The first-order valence-corrected chi connectivity index (χ1v) is 16.1. The van der Waals surface area contributed by atoms with E-state index < -0.39 is 32.5 Å². The largest absolute Gasteiger partial charge is 0.478 e. The molecule has 216 valence electrons. The van der Waals surface area contributed by atoms with Crippen molar-refractivity contribution in [2.75, 3.05) is 13.7 Å². The van der Waals surface area contributed by atoms with Gasteiger partial charge in [-0.05, 0) is 33.1 Å². The van der Waals surface area contributed by atoms with Crippen LogP contribution in [0.15, 0.2) is 121 Å². The van der Waals surface area contributed by atoms with Crippen molar-refractivity contribution in [2.24, 2.45) is 0 Å². The van der Waals surface area contributed by atoms with Gasteiger partial charge in [0, 0.05) is 0 Å². The van der Waals surface area contributed by atoms with Crippen LogP contribution in [0.2, 0.25) is 5.04 Å². The number of ether oxygens (including phenoxy) is 2. The Hall–Kier alpha value is -4.20. The number of likely N-dealkylation sites (tertiary alicyclic amines) is 1. The van der Waals surface area contributed by atoms with Gasteiger partial charge >= 0.3 is 5.97 Å². The predicted molar refractivity (Wildman–Crippen MR) is 166 cm³/mol. The topological polar surface area (TPSA) is 65.1 Å². The van der Waals surface area contributed by atoms with Crippen molar-refractivity contribution in [1.29, 1.82) is 0 Å². The summed E-state index contributed by atoms with van der Waals surface area (Å²) < 4.78 is 18.9. The minimum atomic E-state index is -3.07. The lowest BCUT2D eigenvalue weighted by molar-refractivity contribution is -0.177. The van der Waals surface area contributed by atoms with Crippen LogP contribution in [0.25, 0.3) is 0 Å². The van der Waals surface area contributed by atoms with Crippen molar-refractivity contribution in [3.05, 3.63) is 127 Å². The minimum Gasteiger partial charge on any atom is -0.478 e. The maximum Gasteiger partial charge on any atom is 0.325 e. The molecule has 7 heteroatoms. The van der Waals surface area contributed by atoms with E-state index in [-0.39, 0.29) is 17.5 Å². The zero-order valence-corrected chi connectivity index (χ0v) is 25.5. The molecule has 6 nitrogen and oxygen atoms in total. The summed E-state index contributed by atoms with van der Waals surface area (Å²) in [6.45, 7) is 6.47. The number of methoxy groups -OCH3 is 1. The molecule has 4 aromatic carbocycles. The molecule has 0 spiro atoms. The number of amides is 1. The molecule has 0 unspecified atom stereocenters. The maximum atomic E-state index is 13.6. The van der Waals surface area contributed by atoms with E-state index in [9.17, 15) is 9.59 Å². The van der Waals surface area contributed by atoms with Crippen molar-refractivity contribution < 1.29 is 23.5 Å². The van der Waals surface area contributed by atoms with Gasteiger partial charge in [-0.2, -0.15) is 0 Å². The number of esters is 1. The van der Waals surface area contributed by atoms with Crippen LogP contribution in [-0.2, 0) is 18.8 Å². The lowest BCUT2D eigenvalue weighted by atomic mass is 9.88. The van der Waals surface area contributed by atoms with E-state index in [1.165, 1.54) is 12.0 Å². The van der Waals surface area contributed by atoms with Gasteiger partial charge in [0.15, 0.2) is 6.10 Å². The van der Waals surface area contributed by atoms with Gasteiger partial charge in [-0.25, -0.2) is 0 Å². The van der Waals surface area contributed by atoms with Gasteiger partial charge < -0.3 is 18.8 Å². The van der Waals surface area contributed by atoms with E-state index in [0.717, 1.165) is 15.9 Å². The second kappa shape index (κ2) is 12.3. The molecule has 0 aromatic heterocycles. The fourth-order valence-electron chi connectivity index (χ4n) is 5.87. The molecular formula is C35H37NO5Si. The zero-order valence-electron chi connectivity index (χ0n) is 24.5. The fourth-order valence-corrected chi connectivity index (χ4v) is 10.5. The minimum absolute atomic E-state index is 0.192. The van der Waals surface area contributed by atoms with Crippen LogP contribution in [0.3, 0.4) is 0 Å². The van der Waals surface area contributed by atoms with Gasteiger partial charge in [0.2, 0.25) is 0 Å². The Morgan fingerprint density at radius 2 is 1.26 bits per heavy atom. The van der Waals surface area contributed by atoms with Gasteiger partial charge in [0.25, 0.3) is 14.2 Å². The number of nitrogens with zero attached hydrogens (tertiary/aromatic N) is 1. The average molecular weight is 580 g/mol. The van der Waals surface area contributed by atoms with Crippen LogP contribution in [-0.4, -0.2) is 50.9 Å². The second-order valence-corrected chi connectivity index (χ2v) is 15.7. The van der Waals surface area contributed by atoms with Gasteiger partial charge in [-0.1, -0.05) is 130 Å². The average Bonchev–Trinajstić information content (AvgIpc) is 3.02. The summed E-state index contributed by atoms with van der Waals surface area (Å²) in [5.74, 6) is -0.194. The molecule has 4 aromatic rings. The Kier molecular flexibility index (Phi) is 8.61. The van der Waals surface area contributed by atoms with Crippen molar-refractivity contribution in [2.45, 2.75) is 44.1 Å². The molecule has 0 radical (unpaired) electrons. The van der Waals surface area contributed by atoms with Crippen LogP contribution in [0.5, 0.6) is 5.75 Å². The van der Waals surface area contributed by atoms with E-state index in [1.807, 2.05) is 97.1 Å². The van der Waals surface area contributed by atoms with Gasteiger partial charge in [0.05, 0.1) is 13.2 Å². The molecule has 1 heterocycles. The van der Waals surface area contributed by atoms with E-state index in [2.05, 4.69) is 45.0 Å². The lowest BCUT2D eigenvalue weighted by Gasteiger charge is -2.53. The Labute approximate surface area is 249 Å². The summed E-state index contributed by atoms with van der Waals surface area (Å²) in [6.07, 6.45) is -1.45. The molecule has 42 heavy (non-hydrogen) atoms. The van der Waals surface area contributed by atoms with Gasteiger partial charge in [-0.15, -0.1) is 0 Å². The third-order valence-electron chi connectivity index (χ3n) is 7.89. The van der Waals surface area contributed by atoms with Crippen LogP contribution in [0.1, 0.15) is 32.4 Å². The first-order chi connectivity index (χ1) is 20.3. The van der Waals surface area contributed by atoms with Crippen LogP contribution < -0.4 is 15.1 Å². The number of rotatable bonds is 10. The molecule has 0 aliphatic carbocycles. The molecule has 1 saturated heterocycles. The Morgan fingerprint density at radius 3 is 1.74 bits per heavy atom. The van der Waals surface area contributed by atoms with Gasteiger partial charge in [0.1, 0.15) is 18.3 Å². The van der Waals surface area contributed by atoms with E-state index >= 15 is 0 Å². The van der Waals surface area contributed by atoms with Crippen molar-refractivity contribution in [1.82, 2.24) is 4.90 Å². The van der Waals surface area contributed by atoms with Crippen LogP contribution in [0.4, 0.5) is 0 Å². The fraction of sp³-hybridized carbons (Fsp3) is 0.257. The first kappa shape index (κ1) is 29.3. The Morgan fingerprint density at radius 1 is 0.786 bits per heavy atom. The Balaban J connectivity index is 1.69. The van der Waals surface area contributed by atoms with E-state index in [0.29, 0.717) is 5.75 Å². The molecule has 0 N–H and O–H groups in total. The summed E-state index contributed by atoms with van der Waals surface area (Å²) in [5, 5.41) is 1.94. The molecule has 1 aliphatic rings. The molecule has 0 bridgehead atoms. The van der Waals surface area contributed by atoms with E-state index in [4.69, 9.17) is 13.9 Å². The normalized spacial score (nSPS) is 17.7. The lowest BCUT2D eigenvalue weighted by Crippen LogP contribution is -2.73. The molecule has 1 fully saturated rings. The monoisotopic (exact) mass is 579 g/mol. The van der Waals surface area contributed by atoms with Crippen molar-refractivity contribution >= 4 is 30.6 Å². The Bertz CT molecular complexity index is 1440. The molecule has 1 aliphatic heterocycles. The quantitative estimate of drug-likeness (QED) is 0.148. The van der Waals surface area contributed by atoms with Crippen molar-refractivity contribution in [3.8, 4) is 5.75 Å². The highest BCUT2D eigenvalue weighted by atomic mass is 28.4. The highest BCUT2D eigenvalue weighted by molar-refractivity contribution is 6.99. The number of carbonyl (C=O) groups is 2. The van der Waals surface area contributed by atoms with Gasteiger partial charge in [-0.3, -0.25) is 9.59 Å². The number of benzene rings is 4. The van der Waals surface area contributed by atoms with Crippen LogP contribution >= 0.6 is 0 Å².